The lowest BCUT2D eigenvalue weighted by atomic mass is 9.87. The molecule has 2 aliphatic rings. The molecule has 36 heavy (non-hydrogen) atoms. The number of benzene rings is 4. The number of ether oxygens (including phenoxy) is 1. The first kappa shape index (κ1) is 21.9. The molecule has 2 N–H and O–H groups in total. The van der Waals surface area contributed by atoms with Crippen LogP contribution in [0.25, 0.3) is 21.9 Å². The summed E-state index contributed by atoms with van der Waals surface area (Å²) < 4.78 is 5.26. The molecule has 1 saturated heterocycles. The van der Waals surface area contributed by atoms with Crippen LogP contribution in [0.4, 0.5) is 4.79 Å². The molecular formula is C29H23N3O4. The minimum Gasteiger partial charge on any atom is -0.497 e. The molecule has 2 heterocycles. The number of hydrogen-bond acceptors (Lipinski definition) is 4. The van der Waals surface area contributed by atoms with Gasteiger partial charge in [0.25, 0.3) is 11.8 Å². The molecule has 6 rings (SSSR count). The van der Waals surface area contributed by atoms with Gasteiger partial charge in [0, 0.05) is 12.1 Å². The van der Waals surface area contributed by atoms with Gasteiger partial charge in [-0.25, -0.2) is 4.79 Å². The van der Waals surface area contributed by atoms with E-state index in [0.717, 1.165) is 27.5 Å². The number of nitrogens with one attached hydrogen (secondary N) is 2. The summed E-state index contributed by atoms with van der Waals surface area (Å²) in [6.45, 7) is 0.352. The Morgan fingerprint density at radius 2 is 1.67 bits per heavy atom. The second-order valence-corrected chi connectivity index (χ2v) is 9.10. The van der Waals surface area contributed by atoms with E-state index in [9.17, 15) is 14.4 Å². The lowest BCUT2D eigenvalue weighted by Gasteiger charge is -2.31. The zero-order chi connectivity index (χ0) is 24.9. The lowest BCUT2D eigenvalue weighted by molar-refractivity contribution is -0.124. The topological polar surface area (TPSA) is 87.7 Å². The van der Waals surface area contributed by atoms with Crippen molar-refractivity contribution >= 4 is 28.6 Å². The van der Waals surface area contributed by atoms with Crippen LogP contribution < -0.4 is 15.4 Å². The molecule has 0 bridgehead atoms. The summed E-state index contributed by atoms with van der Waals surface area (Å²) in [6, 6.07) is 26.7. The number of hydrogen-bond donors (Lipinski definition) is 2. The van der Waals surface area contributed by atoms with Gasteiger partial charge in [-0.05, 0) is 45.2 Å². The highest BCUT2D eigenvalue weighted by Crippen LogP contribution is 2.34. The van der Waals surface area contributed by atoms with Gasteiger partial charge in [-0.3, -0.25) is 14.9 Å². The molecule has 0 aromatic heterocycles. The van der Waals surface area contributed by atoms with Crippen molar-refractivity contribution in [2.24, 2.45) is 0 Å². The van der Waals surface area contributed by atoms with Gasteiger partial charge in [0.05, 0.1) is 13.7 Å². The summed E-state index contributed by atoms with van der Waals surface area (Å²) in [5, 5.41) is 7.43. The van der Waals surface area contributed by atoms with Crippen LogP contribution in [0.5, 0.6) is 5.75 Å². The van der Waals surface area contributed by atoms with Crippen LogP contribution in [0, 0.1) is 0 Å². The van der Waals surface area contributed by atoms with Gasteiger partial charge in [0.2, 0.25) is 0 Å². The first-order valence-electron chi connectivity index (χ1n) is 11.7. The average molecular weight is 478 g/mol. The Morgan fingerprint density at radius 1 is 0.889 bits per heavy atom. The molecular weight excluding hydrogens is 454 g/mol. The van der Waals surface area contributed by atoms with Crippen LogP contribution in [0.2, 0.25) is 0 Å². The van der Waals surface area contributed by atoms with Crippen molar-refractivity contribution in [2.45, 2.75) is 12.1 Å². The average Bonchev–Trinajstić information content (AvgIpc) is 3.38. The highest BCUT2D eigenvalue weighted by molar-refractivity contribution is 6.08. The standard InChI is InChI=1S/C29H23N3O4/c1-36-22-14-11-20-16-32(26(33)25(20)15-22)17-29(27(34)30-28(35)31-29)21-12-9-19(10-13-21)24-8-4-6-18-5-2-3-7-23(18)24/h2-15H,16-17H2,1H3,(H2,30,31,34,35)/t29-/m0/s1. The molecule has 4 amide bonds. The first-order chi connectivity index (χ1) is 17.5. The Hall–Kier alpha value is -4.65. The van der Waals surface area contributed by atoms with Gasteiger partial charge in [-0.1, -0.05) is 72.8 Å². The predicted molar refractivity (Wildman–Crippen MR) is 135 cm³/mol. The molecule has 2 aliphatic heterocycles. The minimum absolute atomic E-state index is 0.00795. The van der Waals surface area contributed by atoms with E-state index in [2.05, 4.69) is 34.9 Å². The normalized spacial score (nSPS) is 18.8. The van der Waals surface area contributed by atoms with Crippen molar-refractivity contribution in [3.05, 3.63) is 102 Å². The van der Waals surface area contributed by atoms with E-state index >= 15 is 0 Å². The van der Waals surface area contributed by atoms with Crippen molar-refractivity contribution in [3.8, 4) is 16.9 Å². The number of imide groups is 1. The molecule has 4 aromatic carbocycles. The smallest absolute Gasteiger partial charge is 0.322 e. The third-order valence-electron chi connectivity index (χ3n) is 7.04. The highest BCUT2D eigenvalue weighted by Gasteiger charge is 2.50. The number of fused-ring (bicyclic) bond motifs is 2. The molecule has 0 saturated carbocycles. The fourth-order valence-electron chi connectivity index (χ4n) is 5.19. The molecule has 1 fully saturated rings. The van der Waals surface area contributed by atoms with E-state index in [1.54, 1.807) is 24.1 Å². The molecule has 1 atom stereocenters. The lowest BCUT2D eigenvalue weighted by Crippen LogP contribution is -2.52. The molecule has 0 aliphatic carbocycles. The number of rotatable bonds is 5. The minimum atomic E-state index is -1.39. The van der Waals surface area contributed by atoms with Crippen LogP contribution in [0.3, 0.4) is 0 Å². The molecule has 0 spiro atoms. The van der Waals surface area contributed by atoms with Crippen LogP contribution >= 0.6 is 0 Å². The monoisotopic (exact) mass is 477 g/mol. The summed E-state index contributed by atoms with van der Waals surface area (Å²) in [4.78, 5) is 40.2. The molecule has 4 aromatic rings. The summed E-state index contributed by atoms with van der Waals surface area (Å²) in [5.74, 6) is -0.0917. The van der Waals surface area contributed by atoms with E-state index < -0.39 is 17.5 Å². The number of carbonyl (C=O) groups is 3. The Bertz CT molecular complexity index is 1540. The molecule has 0 radical (unpaired) electrons. The van der Waals surface area contributed by atoms with E-state index in [0.29, 0.717) is 23.4 Å². The Morgan fingerprint density at radius 3 is 2.42 bits per heavy atom. The number of carbonyl (C=O) groups excluding carboxylic acids is 3. The number of methoxy groups -OCH3 is 1. The maximum absolute atomic E-state index is 13.2. The highest BCUT2D eigenvalue weighted by atomic mass is 16.5. The first-order valence-corrected chi connectivity index (χ1v) is 11.7. The van der Waals surface area contributed by atoms with Gasteiger partial charge in [-0.15, -0.1) is 0 Å². The summed E-state index contributed by atoms with van der Waals surface area (Å²) in [7, 11) is 1.55. The fraction of sp³-hybridized carbons (Fsp3) is 0.138. The van der Waals surface area contributed by atoms with Crippen molar-refractivity contribution in [3.63, 3.8) is 0 Å². The van der Waals surface area contributed by atoms with Crippen LogP contribution in [-0.4, -0.2) is 36.4 Å². The largest absolute Gasteiger partial charge is 0.497 e. The van der Waals surface area contributed by atoms with Crippen LogP contribution in [-0.2, 0) is 16.9 Å². The van der Waals surface area contributed by atoms with Gasteiger partial charge in [0.15, 0.2) is 5.54 Å². The molecule has 0 unspecified atom stereocenters. The molecule has 178 valence electrons. The third kappa shape index (κ3) is 3.40. The SMILES string of the molecule is COc1ccc2c(c1)C(=O)N(C[C@@]1(c3ccc(-c4cccc5ccccc45)cc3)NC(=O)NC1=O)C2. The second-order valence-electron chi connectivity index (χ2n) is 9.10. The van der Waals surface area contributed by atoms with Crippen molar-refractivity contribution in [2.75, 3.05) is 13.7 Å². The number of amides is 4. The van der Waals surface area contributed by atoms with Gasteiger partial charge in [0.1, 0.15) is 5.75 Å². The number of nitrogens with zero attached hydrogens (tertiary/aromatic N) is 1. The van der Waals surface area contributed by atoms with Crippen molar-refractivity contribution in [1.29, 1.82) is 0 Å². The molecule has 7 nitrogen and oxygen atoms in total. The summed E-state index contributed by atoms with van der Waals surface area (Å²) in [6.07, 6.45) is 0. The Kier molecular flexibility index (Phi) is 5.00. The zero-order valence-corrected chi connectivity index (χ0v) is 19.6. The predicted octanol–water partition coefficient (Wildman–Crippen LogP) is 4.21. The van der Waals surface area contributed by atoms with Crippen LogP contribution in [0.1, 0.15) is 21.5 Å². The van der Waals surface area contributed by atoms with E-state index in [-0.39, 0.29) is 12.5 Å². The Labute approximate surface area is 207 Å². The quantitative estimate of drug-likeness (QED) is 0.422. The van der Waals surface area contributed by atoms with E-state index in [1.807, 2.05) is 48.5 Å². The Balaban J connectivity index is 1.36. The van der Waals surface area contributed by atoms with Gasteiger partial charge < -0.3 is 15.0 Å². The summed E-state index contributed by atoms with van der Waals surface area (Å²) in [5.41, 5.74) is 2.68. The fourth-order valence-corrected chi connectivity index (χ4v) is 5.19. The van der Waals surface area contributed by atoms with E-state index in [4.69, 9.17) is 4.74 Å². The zero-order valence-electron chi connectivity index (χ0n) is 19.6. The van der Waals surface area contributed by atoms with E-state index in [1.165, 1.54) is 0 Å². The maximum Gasteiger partial charge on any atom is 0.322 e. The molecule has 7 heteroatoms. The van der Waals surface area contributed by atoms with Crippen molar-refractivity contribution in [1.82, 2.24) is 15.5 Å². The maximum atomic E-state index is 13.2. The van der Waals surface area contributed by atoms with Crippen molar-refractivity contribution < 1.29 is 19.1 Å². The third-order valence-corrected chi connectivity index (χ3v) is 7.04. The van der Waals surface area contributed by atoms with Gasteiger partial charge in [-0.2, -0.15) is 0 Å². The number of urea groups is 1. The van der Waals surface area contributed by atoms with Crippen LogP contribution in [0.15, 0.2) is 84.9 Å². The van der Waals surface area contributed by atoms with Gasteiger partial charge >= 0.3 is 6.03 Å². The summed E-state index contributed by atoms with van der Waals surface area (Å²) >= 11 is 0. The second kappa shape index (κ2) is 8.23.